The van der Waals surface area contributed by atoms with E-state index >= 15 is 26.3 Å². The molecular weight excluding hydrogens is 787 g/mol. The first-order chi connectivity index (χ1) is 27.8. The van der Waals surface area contributed by atoms with Gasteiger partial charge in [0, 0.05) is 22.3 Å². The summed E-state index contributed by atoms with van der Waals surface area (Å²) in [5, 5.41) is 0. The summed E-state index contributed by atoms with van der Waals surface area (Å²) >= 11 is 0. The van der Waals surface area contributed by atoms with Crippen molar-refractivity contribution in [3.8, 4) is 44.5 Å². The lowest BCUT2D eigenvalue weighted by molar-refractivity contribution is -0.139. The largest absolute Gasteiger partial charge is 0.417 e. The minimum absolute atomic E-state index is 0.0961. The predicted octanol–water partition coefficient (Wildman–Crippen LogP) is 18.2. The van der Waals surface area contributed by atoms with Crippen LogP contribution >= 0.6 is 0 Å². The van der Waals surface area contributed by atoms with Crippen molar-refractivity contribution in [2.75, 3.05) is 0 Å². The Kier molecular flexibility index (Phi) is 12.4. The van der Waals surface area contributed by atoms with Gasteiger partial charge in [-0.15, -0.1) is 0 Å². The molecule has 5 rings (SSSR count). The maximum absolute atomic E-state index is 17.2. The second-order valence-corrected chi connectivity index (χ2v) is 23.4. The molecule has 0 aliphatic carbocycles. The molecule has 0 radical (unpaired) electrons. The fourth-order valence-electron chi connectivity index (χ4n) is 8.42. The van der Waals surface area contributed by atoms with E-state index in [0.717, 1.165) is 22.3 Å². The van der Waals surface area contributed by atoms with Gasteiger partial charge in [0.15, 0.2) is 0 Å². The van der Waals surface area contributed by atoms with Crippen LogP contribution in [0.15, 0.2) is 84.9 Å². The minimum atomic E-state index is -5.13. The number of hydrogen-bond acceptors (Lipinski definition) is 0. The number of benzene rings is 5. The first-order valence-corrected chi connectivity index (χ1v) is 21.8. The zero-order valence-electron chi connectivity index (χ0n) is 40.4. The molecule has 0 amide bonds. The lowest BCUT2D eigenvalue weighted by Gasteiger charge is -2.35. The maximum Gasteiger partial charge on any atom is 0.417 e. The second kappa shape index (κ2) is 15.7. The van der Waals surface area contributed by atoms with E-state index in [1.165, 1.54) is 0 Å². The van der Waals surface area contributed by atoms with Crippen molar-refractivity contribution in [3.05, 3.63) is 129 Å². The Bertz CT molecular complexity index is 2230. The first-order valence-electron chi connectivity index (χ1n) is 21.8. The van der Waals surface area contributed by atoms with Gasteiger partial charge in [0.2, 0.25) is 0 Å². The van der Waals surface area contributed by atoms with E-state index in [0.29, 0.717) is 11.1 Å². The predicted molar refractivity (Wildman–Crippen MR) is 250 cm³/mol. The van der Waals surface area contributed by atoms with Crippen LogP contribution in [0.25, 0.3) is 44.5 Å². The van der Waals surface area contributed by atoms with Gasteiger partial charge in [0.1, 0.15) is 0 Å². The minimum Gasteiger partial charge on any atom is -0.166 e. The Hall–Kier alpha value is -4.32. The quantitative estimate of drug-likeness (QED) is 0.158. The van der Waals surface area contributed by atoms with Crippen LogP contribution in [-0.4, -0.2) is 0 Å². The fourth-order valence-corrected chi connectivity index (χ4v) is 8.42. The molecule has 0 aliphatic heterocycles. The van der Waals surface area contributed by atoms with Gasteiger partial charge < -0.3 is 0 Å². The van der Waals surface area contributed by atoms with Crippen molar-refractivity contribution < 1.29 is 26.3 Å². The highest BCUT2D eigenvalue weighted by Crippen LogP contribution is 2.59. The van der Waals surface area contributed by atoms with Crippen LogP contribution in [0, 0.1) is 0 Å². The van der Waals surface area contributed by atoms with Crippen molar-refractivity contribution in [1.29, 1.82) is 0 Å². The molecule has 0 aliphatic rings. The second-order valence-electron chi connectivity index (χ2n) is 23.4. The van der Waals surface area contributed by atoms with E-state index in [-0.39, 0.29) is 22.3 Å². The molecule has 0 bridgehead atoms. The van der Waals surface area contributed by atoms with E-state index < -0.39 is 78.2 Å². The average molecular weight is 855 g/mol. The highest BCUT2D eigenvalue weighted by atomic mass is 19.4. The van der Waals surface area contributed by atoms with Crippen LogP contribution in [0.3, 0.4) is 0 Å². The zero-order valence-corrected chi connectivity index (χ0v) is 40.4. The van der Waals surface area contributed by atoms with Crippen LogP contribution in [0.4, 0.5) is 26.3 Å². The molecule has 0 aromatic heterocycles. The Balaban J connectivity index is 2.39. The zero-order chi connectivity index (χ0) is 47.1. The fraction of sp³-hybridized carbons (Fsp3) is 0.464. The van der Waals surface area contributed by atoms with E-state index in [1.807, 2.05) is 137 Å². The van der Waals surface area contributed by atoms with Crippen molar-refractivity contribution in [2.45, 2.75) is 169 Å². The molecule has 0 N–H and O–H groups in total. The Morgan fingerprint density at radius 3 is 0.742 bits per heavy atom. The molecule has 6 heteroatoms. The molecule has 0 unspecified atom stereocenters. The summed E-state index contributed by atoms with van der Waals surface area (Å²) in [5.74, 6) is 0. The molecule has 0 atom stereocenters. The third-order valence-corrected chi connectivity index (χ3v) is 12.0. The van der Waals surface area contributed by atoms with E-state index in [2.05, 4.69) is 0 Å². The normalized spacial score (nSPS) is 13.8. The van der Waals surface area contributed by atoms with Gasteiger partial charge in [0.25, 0.3) is 0 Å². The summed E-state index contributed by atoms with van der Waals surface area (Å²) in [7, 11) is 0. The van der Waals surface area contributed by atoms with Crippen LogP contribution in [0.5, 0.6) is 0 Å². The van der Waals surface area contributed by atoms with Crippen LogP contribution in [-0.2, 0) is 44.8 Å². The lowest BCUT2D eigenvalue weighted by Crippen LogP contribution is -2.22. The summed E-state index contributed by atoms with van der Waals surface area (Å²) in [6, 6.07) is 24.2. The Morgan fingerprint density at radius 2 is 0.532 bits per heavy atom. The monoisotopic (exact) mass is 855 g/mol. The summed E-state index contributed by atoms with van der Waals surface area (Å²) < 4.78 is 103. The van der Waals surface area contributed by atoms with Crippen LogP contribution in [0.2, 0.25) is 0 Å². The third kappa shape index (κ3) is 9.90. The SMILES string of the molecule is CC(C)(C)c1cc(-c2c(-c3ccccc3C(C)(C)C)c(C(F)(F)F)c(-c3cc(C(C)(C)C)cc(C(C)(C)C)c3)c(-c3ccccc3C(C)(C)C)c2C(F)(F)F)cc(C(C)(C)C)c1. The molecule has 0 heterocycles. The number of halogens is 6. The van der Waals surface area contributed by atoms with E-state index in [9.17, 15) is 0 Å². The van der Waals surface area contributed by atoms with E-state index in [4.69, 9.17) is 0 Å². The van der Waals surface area contributed by atoms with Gasteiger partial charge in [-0.2, -0.15) is 26.3 Å². The van der Waals surface area contributed by atoms with Crippen molar-refractivity contribution in [1.82, 2.24) is 0 Å². The summed E-state index contributed by atoms with van der Waals surface area (Å²) in [6.45, 7) is 35.0. The van der Waals surface area contributed by atoms with Crippen LogP contribution < -0.4 is 0 Å². The topological polar surface area (TPSA) is 0 Å². The number of hydrogen-bond donors (Lipinski definition) is 0. The van der Waals surface area contributed by atoms with Gasteiger partial charge >= 0.3 is 12.4 Å². The molecule has 62 heavy (non-hydrogen) atoms. The molecule has 0 saturated heterocycles. The molecule has 334 valence electrons. The molecule has 5 aromatic rings. The van der Waals surface area contributed by atoms with Gasteiger partial charge in [-0.25, -0.2) is 0 Å². The van der Waals surface area contributed by atoms with E-state index in [1.54, 1.807) is 72.8 Å². The molecule has 0 nitrogen and oxygen atoms in total. The Labute approximate surface area is 368 Å². The molecule has 0 saturated carbocycles. The molecular formula is C56H68F6. The molecule has 0 spiro atoms. The van der Waals surface area contributed by atoms with Crippen molar-refractivity contribution in [3.63, 3.8) is 0 Å². The summed E-state index contributed by atoms with van der Waals surface area (Å²) in [5.41, 5.74) is -3.39. The summed E-state index contributed by atoms with van der Waals surface area (Å²) in [4.78, 5) is 0. The average Bonchev–Trinajstić information content (AvgIpc) is 3.10. The van der Waals surface area contributed by atoms with Gasteiger partial charge in [-0.05, 0) is 88.1 Å². The van der Waals surface area contributed by atoms with Gasteiger partial charge in [0.05, 0.1) is 11.1 Å². The summed E-state index contributed by atoms with van der Waals surface area (Å²) in [6.07, 6.45) is -10.3. The number of alkyl halides is 6. The van der Waals surface area contributed by atoms with Crippen molar-refractivity contribution >= 4 is 0 Å². The Morgan fingerprint density at radius 1 is 0.290 bits per heavy atom. The standard InChI is InChI=1S/C56H68F6/c1-49(2,3)35-27-33(28-36(31-35)50(4,5)6)43-45(39-23-19-21-25-41(39)53(13,14)15)48(56(60,61)62)44(34-29-37(51(7,8)9)32-38(30-34)52(10,11)12)46(47(43)55(57,58)59)40-24-20-22-26-42(40)54(16,17)18/h19-32H,1-18H3. The van der Waals surface area contributed by atoms with Gasteiger partial charge in [-0.3, -0.25) is 0 Å². The smallest absolute Gasteiger partial charge is 0.166 e. The molecule has 0 fully saturated rings. The maximum atomic E-state index is 17.2. The highest BCUT2D eigenvalue weighted by molar-refractivity contribution is 6.03. The van der Waals surface area contributed by atoms with Gasteiger partial charge in [-0.1, -0.05) is 210 Å². The van der Waals surface area contributed by atoms with Crippen LogP contribution in [0.1, 0.15) is 169 Å². The number of rotatable bonds is 4. The first kappa shape index (κ1) is 48.7. The third-order valence-electron chi connectivity index (χ3n) is 12.0. The lowest BCUT2D eigenvalue weighted by atomic mass is 9.70. The molecule has 5 aromatic carbocycles. The highest BCUT2D eigenvalue weighted by Gasteiger charge is 2.48. The van der Waals surface area contributed by atoms with Crippen molar-refractivity contribution in [2.24, 2.45) is 0 Å².